The minimum absolute atomic E-state index is 0.696. The van der Waals surface area contributed by atoms with E-state index < -0.39 is 0 Å². The first-order valence-corrected chi connectivity index (χ1v) is 11.0. The molecule has 0 fully saturated rings. The summed E-state index contributed by atoms with van der Waals surface area (Å²) >= 11 is 9.27. The van der Waals surface area contributed by atoms with Gasteiger partial charge in [-0.05, 0) is 52.7 Å². The first-order chi connectivity index (χ1) is 13.2. The molecule has 3 nitrogen and oxygen atoms in total. The van der Waals surface area contributed by atoms with Crippen molar-refractivity contribution in [3.05, 3.63) is 68.5 Å². The highest BCUT2D eigenvalue weighted by atomic mass is 35.5. The molecule has 0 saturated heterocycles. The highest BCUT2D eigenvalue weighted by Crippen LogP contribution is 2.38. The fourth-order valence-corrected chi connectivity index (χ4v) is 5.07. The molecule has 3 heterocycles. The van der Waals surface area contributed by atoms with E-state index in [-0.39, 0.29) is 0 Å². The van der Waals surface area contributed by atoms with Crippen molar-refractivity contribution in [3.8, 4) is 17.2 Å². The average Bonchev–Trinajstić information content (AvgIpc) is 3.20. The Morgan fingerprint density at radius 3 is 2.81 bits per heavy atom. The third kappa shape index (κ3) is 3.90. The maximum atomic E-state index is 9.97. The van der Waals surface area contributed by atoms with Gasteiger partial charge in [-0.15, -0.1) is 11.8 Å². The molecule has 0 aliphatic carbocycles. The Balaban J connectivity index is 1.76. The molecule has 0 amide bonds. The van der Waals surface area contributed by atoms with Crippen LogP contribution < -0.4 is 0 Å². The van der Waals surface area contributed by atoms with E-state index >= 15 is 0 Å². The summed E-state index contributed by atoms with van der Waals surface area (Å²) in [5.41, 5.74) is 6.39. The van der Waals surface area contributed by atoms with E-state index in [2.05, 4.69) is 34.8 Å². The Labute approximate surface area is 172 Å². The van der Waals surface area contributed by atoms with Crippen LogP contribution in [0.25, 0.3) is 11.1 Å². The van der Waals surface area contributed by atoms with E-state index in [0.717, 1.165) is 52.1 Å². The normalized spacial score (nSPS) is 14.0. The average molecular weight is 412 g/mol. The second-order valence-corrected chi connectivity index (χ2v) is 8.80. The van der Waals surface area contributed by atoms with E-state index in [0.29, 0.717) is 5.56 Å². The number of likely N-dealkylation sites (N-methyl/N-ethyl adjacent to an activating group) is 1. The number of aromatic nitrogens is 1. The summed E-state index contributed by atoms with van der Waals surface area (Å²) < 4.78 is 0. The minimum atomic E-state index is 0.696. The standard InChI is InChI=1S/C21H18ClN3S2/c1-25-8-6-19-18(11-25)20(15-7-9-26-13-15)17(10-23)21(24-19)27-12-14-2-4-16(22)5-3-14/h2-5,7,9,13H,6,8,11-12H2,1H3. The molecule has 136 valence electrons. The maximum absolute atomic E-state index is 9.97. The molecule has 0 unspecified atom stereocenters. The molecule has 0 spiro atoms. The lowest BCUT2D eigenvalue weighted by atomic mass is 9.93. The Bertz CT molecular complexity index is 992. The lowest BCUT2D eigenvalue weighted by Crippen LogP contribution is -2.28. The van der Waals surface area contributed by atoms with Crippen LogP contribution in [0.2, 0.25) is 5.02 Å². The van der Waals surface area contributed by atoms with Crippen LogP contribution in [-0.2, 0) is 18.7 Å². The van der Waals surface area contributed by atoms with Crippen molar-refractivity contribution < 1.29 is 0 Å². The molecule has 2 aromatic heterocycles. The number of nitriles is 1. The number of benzene rings is 1. The second kappa shape index (κ2) is 8.04. The zero-order valence-electron chi connectivity index (χ0n) is 14.9. The molecule has 0 saturated carbocycles. The molecular formula is C21H18ClN3S2. The lowest BCUT2D eigenvalue weighted by molar-refractivity contribution is 0.309. The summed E-state index contributed by atoms with van der Waals surface area (Å²) in [5, 5.41) is 15.7. The van der Waals surface area contributed by atoms with Crippen LogP contribution in [-0.4, -0.2) is 23.5 Å². The molecule has 27 heavy (non-hydrogen) atoms. The number of hydrogen-bond acceptors (Lipinski definition) is 5. The largest absolute Gasteiger partial charge is 0.302 e. The van der Waals surface area contributed by atoms with Crippen molar-refractivity contribution >= 4 is 34.7 Å². The topological polar surface area (TPSA) is 39.9 Å². The highest BCUT2D eigenvalue weighted by molar-refractivity contribution is 7.98. The van der Waals surface area contributed by atoms with Gasteiger partial charge in [0.15, 0.2) is 0 Å². The summed E-state index contributed by atoms with van der Waals surface area (Å²) in [6, 6.07) is 12.4. The van der Waals surface area contributed by atoms with Gasteiger partial charge in [0.25, 0.3) is 0 Å². The van der Waals surface area contributed by atoms with E-state index in [1.54, 1.807) is 23.1 Å². The zero-order chi connectivity index (χ0) is 18.8. The Kier molecular flexibility index (Phi) is 5.51. The summed E-state index contributed by atoms with van der Waals surface area (Å²) in [6.45, 7) is 1.83. The van der Waals surface area contributed by atoms with Crippen molar-refractivity contribution in [1.82, 2.24) is 9.88 Å². The number of pyridine rings is 1. The quantitative estimate of drug-likeness (QED) is 0.522. The summed E-state index contributed by atoms with van der Waals surface area (Å²) in [4.78, 5) is 7.21. The number of rotatable bonds is 4. The lowest BCUT2D eigenvalue weighted by Gasteiger charge is -2.27. The summed E-state index contributed by atoms with van der Waals surface area (Å²) in [5.74, 6) is 0.764. The van der Waals surface area contributed by atoms with Crippen LogP contribution in [0, 0.1) is 11.3 Å². The Morgan fingerprint density at radius 1 is 1.30 bits per heavy atom. The molecule has 1 aliphatic rings. The van der Waals surface area contributed by atoms with E-state index in [4.69, 9.17) is 16.6 Å². The number of halogens is 1. The molecule has 3 aromatic rings. The van der Waals surface area contributed by atoms with Gasteiger partial charge >= 0.3 is 0 Å². The van der Waals surface area contributed by atoms with E-state index in [1.165, 1.54) is 11.1 Å². The monoisotopic (exact) mass is 411 g/mol. The molecule has 0 radical (unpaired) electrons. The number of nitrogens with zero attached hydrogens (tertiary/aromatic N) is 3. The first kappa shape index (κ1) is 18.5. The molecular weight excluding hydrogens is 394 g/mol. The van der Waals surface area contributed by atoms with Crippen molar-refractivity contribution in [2.75, 3.05) is 13.6 Å². The third-order valence-corrected chi connectivity index (χ3v) is 6.70. The molecule has 0 N–H and O–H groups in total. The van der Waals surface area contributed by atoms with Crippen LogP contribution in [0.5, 0.6) is 0 Å². The van der Waals surface area contributed by atoms with Gasteiger partial charge in [-0.2, -0.15) is 16.6 Å². The van der Waals surface area contributed by atoms with Crippen LogP contribution >= 0.6 is 34.7 Å². The van der Waals surface area contributed by atoms with E-state index in [9.17, 15) is 5.26 Å². The minimum Gasteiger partial charge on any atom is -0.302 e. The van der Waals surface area contributed by atoms with Crippen molar-refractivity contribution in [1.29, 1.82) is 5.26 Å². The Hall–Kier alpha value is -1.84. The summed E-state index contributed by atoms with van der Waals surface area (Å²) in [6.07, 6.45) is 0.920. The summed E-state index contributed by atoms with van der Waals surface area (Å²) in [7, 11) is 2.12. The van der Waals surface area contributed by atoms with Crippen LogP contribution in [0.4, 0.5) is 0 Å². The zero-order valence-corrected chi connectivity index (χ0v) is 17.3. The van der Waals surface area contributed by atoms with Crippen molar-refractivity contribution in [3.63, 3.8) is 0 Å². The van der Waals surface area contributed by atoms with E-state index in [1.807, 2.05) is 24.3 Å². The number of hydrogen-bond donors (Lipinski definition) is 0. The number of thiophene rings is 1. The molecule has 0 atom stereocenters. The second-order valence-electron chi connectivity index (χ2n) is 6.62. The van der Waals surface area contributed by atoms with Crippen LogP contribution in [0.3, 0.4) is 0 Å². The van der Waals surface area contributed by atoms with Gasteiger partial charge in [0.2, 0.25) is 0 Å². The Morgan fingerprint density at radius 2 is 2.11 bits per heavy atom. The molecule has 6 heteroatoms. The molecule has 0 bridgehead atoms. The fourth-order valence-electron chi connectivity index (χ4n) is 3.34. The van der Waals surface area contributed by atoms with Crippen molar-refractivity contribution in [2.24, 2.45) is 0 Å². The molecule has 1 aliphatic heterocycles. The smallest absolute Gasteiger partial charge is 0.115 e. The van der Waals surface area contributed by atoms with Crippen LogP contribution in [0.1, 0.15) is 22.4 Å². The molecule has 4 rings (SSSR count). The van der Waals surface area contributed by atoms with Crippen LogP contribution in [0.15, 0.2) is 46.1 Å². The van der Waals surface area contributed by atoms with Crippen molar-refractivity contribution in [2.45, 2.75) is 23.7 Å². The van der Waals surface area contributed by atoms with Gasteiger partial charge in [0.05, 0.1) is 5.56 Å². The highest BCUT2D eigenvalue weighted by Gasteiger charge is 2.25. The number of thioether (sulfide) groups is 1. The predicted molar refractivity (Wildman–Crippen MR) is 113 cm³/mol. The van der Waals surface area contributed by atoms with Gasteiger partial charge in [-0.25, -0.2) is 4.98 Å². The van der Waals surface area contributed by atoms with Gasteiger partial charge in [0.1, 0.15) is 11.1 Å². The number of fused-ring (bicyclic) bond motifs is 1. The van der Waals surface area contributed by atoms with Gasteiger partial charge in [0, 0.05) is 41.5 Å². The SMILES string of the molecule is CN1CCc2nc(SCc3ccc(Cl)cc3)c(C#N)c(-c3ccsc3)c2C1. The maximum Gasteiger partial charge on any atom is 0.115 e. The molecule has 1 aromatic carbocycles. The van der Waals surface area contributed by atoms with Gasteiger partial charge < -0.3 is 4.90 Å². The predicted octanol–water partition coefficient (Wildman–Crippen LogP) is 5.62. The van der Waals surface area contributed by atoms with Gasteiger partial charge in [-0.1, -0.05) is 23.7 Å². The first-order valence-electron chi connectivity index (χ1n) is 8.70. The van der Waals surface area contributed by atoms with Gasteiger partial charge in [-0.3, -0.25) is 0 Å². The fraction of sp³-hybridized carbons (Fsp3) is 0.238. The third-order valence-electron chi connectivity index (χ3n) is 4.72.